The average molecular weight is 381 g/mol. The first-order valence-corrected chi connectivity index (χ1v) is 8.68. The van der Waals surface area contributed by atoms with Crippen molar-refractivity contribution in [3.63, 3.8) is 0 Å². The zero-order valence-electron chi connectivity index (χ0n) is 13.9. The van der Waals surface area contributed by atoms with Crippen LogP contribution in [0.3, 0.4) is 0 Å². The number of carbonyl (C=O) groups excluding carboxylic acids is 1. The molecule has 0 N–H and O–H groups in total. The predicted octanol–water partition coefficient (Wildman–Crippen LogP) is 5.17. The summed E-state index contributed by atoms with van der Waals surface area (Å²) in [5, 5.41) is 1.15. The summed E-state index contributed by atoms with van der Waals surface area (Å²) in [6, 6.07) is 11.0. The van der Waals surface area contributed by atoms with Crippen LogP contribution in [0.4, 0.5) is 0 Å². The summed E-state index contributed by atoms with van der Waals surface area (Å²) in [7, 11) is 1.39. The highest BCUT2D eigenvalue weighted by Gasteiger charge is 2.27. The maximum Gasteiger partial charge on any atom is 0.306 e. The van der Waals surface area contributed by atoms with Gasteiger partial charge >= 0.3 is 5.97 Å². The van der Waals surface area contributed by atoms with Gasteiger partial charge in [0.1, 0.15) is 17.6 Å². The lowest BCUT2D eigenvalue weighted by atomic mass is 9.98. The molecule has 0 aliphatic carbocycles. The zero-order valence-corrected chi connectivity index (χ0v) is 15.4. The fraction of sp³-hybridized carbons (Fsp3) is 0.316. The van der Waals surface area contributed by atoms with E-state index in [9.17, 15) is 4.79 Å². The van der Waals surface area contributed by atoms with Crippen LogP contribution in [-0.2, 0) is 9.53 Å². The van der Waals surface area contributed by atoms with Gasteiger partial charge in [0.15, 0.2) is 0 Å². The minimum atomic E-state index is -0.243. The van der Waals surface area contributed by atoms with Gasteiger partial charge in [0.2, 0.25) is 0 Å². The van der Waals surface area contributed by atoms with E-state index in [4.69, 9.17) is 37.4 Å². The number of hydrogen-bond acceptors (Lipinski definition) is 4. The maximum absolute atomic E-state index is 11.5. The number of carbonyl (C=O) groups is 1. The number of halogens is 2. The van der Waals surface area contributed by atoms with E-state index in [1.54, 1.807) is 12.1 Å². The molecular weight excluding hydrogens is 363 g/mol. The van der Waals surface area contributed by atoms with Gasteiger partial charge in [-0.05, 0) is 25.1 Å². The monoisotopic (exact) mass is 380 g/mol. The summed E-state index contributed by atoms with van der Waals surface area (Å²) in [6.45, 7) is 2.38. The highest BCUT2D eigenvalue weighted by molar-refractivity contribution is 6.35. The molecule has 0 spiro atoms. The first-order valence-electron chi connectivity index (χ1n) is 7.93. The minimum Gasteiger partial charge on any atom is -0.492 e. The predicted molar refractivity (Wildman–Crippen MR) is 96.8 cm³/mol. The van der Waals surface area contributed by atoms with Gasteiger partial charge in [-0.15, -0.1) is 0 Å². The van der Waals surface area contributed by atoms with Crippen molar-refractivity contribution in [1.29, 1.82) is 0 Å². The van der Waals surface area contributed by atoms with Crippen LogP contribution < -0.4 is 9.47 Å². The van der Waals surface area contributed by atoms with Crippen LogP contribution in [0.25, 0.3) is 0 Å². The zero-order chi connectivity index (χ0) is 18.0. The van der Waals surface area contributed by atoms with Crippen molar-refractivity contribution in [2.45, 2.75) is 25.4 Å². The van der Waals surface area contributed by atoms with Crippen LogP contribution in [0.2, 0.25) is 10.0 Å². The fourth-order valence-corrected chi connectivity index (χ4v) is 3.44. The topological polar surface area (TPSA) is 44.8 Å². The third kappa shape index (κ3) is 4.02. The second-order valence-electron chi connectivity index (χ2n) is 5.91. The van der Waals surface area contributed by atoms with Crippen molar-refractivity contribution in [3.8, 4) is 11.5 Å². The molecule has 0 bridgehead atoms. The molecule has 0 amide bonds. The summed E-state index contributed by atoms with van der Waals surface area (Å²) >= 11 is 12.2. The molecule has 132 valence electrons. The Hall–Kier alpha value is -1.91. The van der Waals surface area contributed by atoms with Crippen molar-refractivity contribution in [1.82, 2.24) is 0 Å². The average Bonchev–Trinajstić information content (AvgIpc) is 2.96. The van der Waals surface area contributed by atoms with Crippen molar-refractivity contribution < 1.29 is 19.0 Å². The second-order valence-corrected chi connectivity index (χ2v) is 6.76. The molecule has 1 unspecified atom stereocenters. The molecule has 1 aliphatic rings. The summed E-state index contributed by atoms with van der Waals surface area (Å²) in [5.41, 5.74) is 1.85. The van der Waals surface area contributed by atoms with Gasteiger partial charge in [-0.25, -0.2) is 0 Å². The molecule has 2 aromatic rings. The van der Waals surface area contributed by atoms with Crippen LogP contribution in [0, 0.1) is 0 Å². The summed E-state index contributed by atoms with van der Waals surface area (Å²) in [5.74, 6) is 1.18. The third-order valence-corrected chi connectivity index (χ3v) is 4.78. The van der Waals surface area contributed by atoms with E-state index < -0.39 is 0 Å². The molecule has 3 rings (SSSR count). The quantitative estimate of drug-likeness (QED) is 0.670. The van der Waals surface area contributed by atoms with E-state index in [1.165, 1.54) is 7.11 Å². The van der Waals surface area contributed by atoms with Crippen LogP contribution in [0.5, 0.6) is 11.5 Å². The summed E-state index contributed by atoms with van der Waals surface area (Å²) < 4.78 is 16.4. The molecule has 2 atom stereocenters. The number of ether oxygens (including phenoxy) is 3. The molecule has 2 aromatic carbocycles. The van der Waals surface area contributed by atoms with Gasteiger partial charge in [-0.3, -0.25) is 4.79 Å². The van der Waals surface area contributed by atoms with Gasteiger partial charge in [-0.2, -0.15) is 0 Å². The van der Waals surface area contributed by atoms with E-state index >= 15 is 0 Å². The fourth-order valence-electron chi connectivity index (χ4n) is 2.88. The maximum atomic E-state index is 11.5. The molecule has 0 aromatic heterocycles. The summed E-state index contributed by atoms with van der Waals surface area (Å²) in [6.07, 6.45) is 0.0654. The van der Waals surface area contributed by atoms with E-state index in [2.05, 4.69) is 0 Å². The molecule has 0 radical (unpaired) electrons. The molecule has 4 nitrogen and oxygen atoms in total. The Bertz CT molecular complexity index is 791. The van der Waals surface area contributed by atoms with Crippen molar-refractivity contribution >= 4 is 29.2 Å². The number of esters is 1. The number of hydrogen-bond donors (Lipinski definition) is 0. The molecule has 6 heteroatoms. The Kier molecular flexibility index (Phi) is 5.40. The first-order chi connectivity index (χ1) is 12.0. The number of benzene rings is 2. The minimum absolute atomic E-state index is 0.0135. The van der Waals surface area contributed by atoms with Crippen molar-refractivity contribution in [2.75, 3.05) is 13.7 Å². The van der Waals surface area contributed by atoms with Gasteiger partial charge in [-0.1, -0.05) is 35.3 Å². The van der Waals surface area contributed by atoms with E-state index in [0.29, 0.717) is 28.8 Å². The second kappa shape index (κ2) is 7.54. The van der Waals surface area contributed by atoms with Gasteiger partial charge in [0.05, 0.1) is 20.1 Å². The molecular formula is C19H18Cl2O4. The molecule has 1 aliphatic heterocycles. The lowest BCUT2D eigenvalue weighted by Crippen LogP contribution is -2.09. The van der Waals surface area contributed by atoms with Crippen LogP contribution >= 0.6 is 23.2 Å². The van der Waals surface area contributed by atoms with E-state index in [0.717, 1.165) is 16.9 Å². The normalized spacial score (nSPS) is 16.7. The number of methoxy groups -OCH3 is 1. The Morgan fingerprint density at radius 1 is 1.28 bits per heavy atom. The molecule has 0 saturated carbocycles. The van der Waals surface area contributed by atoms with Gasteiger partial charge < -0.3 is 14.2 Å². The Labute approximate surface area is 156 Å². The Morgan fingerprint density at radius 2 is 2.08 bits per heavy atom. The SMILES string of the molecule is COC(=O)C[C@@H]1COc2cc(OC(C)c3ccc(Cl)cc3Cl)ccc21. The largest absolute Gasteiger partial charge is 0.492 e. The molecule has 0 fully saturated rings. The standard InChI is InChI=1S/C19H18Cl2O4/c1-11(15-5-3-13(20)8-17(15)21)25-14-4-6-16-12(7-19(22)23-2)10-24-18(16)9-14/h3-6,8-9,11-12H,7,10H2,1-2H3/t11?,12-/m1/s1. The summed E-state index contributed by atoms with van der Waals surface area (Å²) in [4.78, 5) is 11.5. The molecule has 1 heterocycles. The molecule has 25 heavy (non-hydrogen) atoms. The van der Waals surface area contributed by atoms with Crippen LogP contribution in [0.1, 0.15) is 36.5 Å². The highest BCUT2D eigenvalue weighted by atomic mass is 35.5. The number of fused-ring (bicyclic) bond motifs is 1. The van der Waals surface area contributed by atoms with Crippen LogP contribution in [0.15, 0.2) is 36.4 Å². The van der Waals surface area contributed by atoms with Gasteiger partial charge in [0, 0.05) is 33.2 Å². The lowest BCUT2D eigenvalue weighted by molar-refractivity contribution is -0.141. The third-order valence-electron chi connectivity index (χ3n) is 4.22. The van der Waals surface area contributed by atoms with E-state index in [-0.39, 0.29) is 18.0 Å². The molecule has 0 saturated heterocycles. The Morgan fingerprint density at radius 3 is 2.80 bits per heavy atom. The smallest absolute Gasteiger partial charge is 0.306 e. The van der Waals surface area contributed by atoms with Crippen molar-refractivity contribution in [3.05, 3.63) is 57.6 Å². The van der Waals surface area contributed by atoms with Gasteiger partial charge in [0.25, 0.3) is 0 Å². The Balaban J connectivity index is 1.73. The highest BCUT2D eigenvalue weighted by Crippen LogP contribution is 2.39. The van der Waals surface area contributed by atoms with E-state index in [1.807, 2.05) is 31.2 Å². The van der Waals surface area contributed by atoms with Crippen molar-refractivity contribution in [2.24, 2.45) is 0 Å². The lowest BCUT2D eigenvalue weighted by Gasteiger charge is -2.17. The first kappa shape index (κ1) is 17.9. The number of rotatable bonds is 5. The van der Waals surface area contributed by atoms with Crippen LogP contribution in [-0.4, -0.2) is 19.7 Å².